The summed E-state index contributed by atoms with van der Waals surface area (Å²) in [5.74, 6) is 0.894. The van der Waals surface area contributed by atoms with Crippen LogP contribution in [0, 0.1) is 0 Å². The summed E-state index contributed by atoms with van der Waals surface area (Å²) >= 11 is 0. The highest BCUT2D eigenvalue weighted by Gasteiger charge is 2.11. The number of nitrogens with one attached hydrogen (secondary N) is 1. The first-order valence-electron chi connectivity index (χ1n) is 6.31. The average molecular weight is 296 g/mol. The lowest BCUT2D eigenvalue weighted by molar-refractivity contribution is 0.501. The minimum absolute atomic E-state index is 0.123. The number of nitrogens with zero attached hydrogens (tertiary/aromatic N) is 3. The molecule has 7 nitrogen and oxygen atoms in total. The third kappa shape index (κ3) is 4.10. The van der Waals surface area contributed by atoms with Crippen LogP contribution in [-0.2, 0) is 16.4 Å². The van der Waals surface area contributed by atoms with Gasteiger partial charge >= 0.3 is 0 Å². The molecule has 0 aromatic carbocycles. The molecule has 0 spiro atoms. The third-order valence-corrected chi connectivity index (χ3v) is 4.10. The van der Waals surface area contributed by atoms with Gasteiger partial charge in [-0.05, 0) is 18.6 Å². The second kappa shape index (κ2) is 6.58. The Morgan fingerprint density at radius 3 is 2.90 bits per heavy atom. The Hall–Kier alpha value is -1.80. The van der Waals surface area contributed by atoms with Gasteiger partial charge in [-0.1, -0.05) is 6.92 Å². The van der Waals surface area contributed by atoms with Crippen molar-refractivity contribution in [2.45, 2.75) is 19.8 Å². The molecule has 0 fully saturated rings. The van der Waals surface area contributed by atoms with Crippen molar-refractivity contribution in [1.29, 1.82) is 0 Å². The predicted octanol–water partition coefficient (Wildman–Crippen LogP) is 1.00. The highest BCUT2D eigenvalue weighted by atomic mass is 32.2. The Balaban J connectivity index is 1.91. The summed E-state index contributed by atoms with van der Waals surface area (Å²) in [6.45, 7) is 2.06. The Morgan fingerprint density at radius 1 is 1.35 bits per heavy atom. The topological polar surface area (TPSA) is 98.0 Å². The zero-order valence-electron chi connectivity index (χ0n) is 11.1. The summed E-state index contributed by atoms with van der Waals surface area (Å²) in [5.41, 5.74) is 0.734. The maximum atomic E-state index is 11.5. The van der Waals surface area contributed by atoms with Gasteiger partial charge in [-0.15, -0.1) is 10.2 Å². The predicted molar refractivity (Wildman–Crippen MR) is 73.3 cm³/mol. The van der Waals surface area contributed by atoms with Crippen LogP contribution in [0.1, 0.15) is 19.2 Å². The van der Waals surface area contributed by atoms with E-state index >= 15 is 0 Å². The lowest BCUT2D eigenvalue weighted by Crippen LogP contribution is -2.28. The van der Waals surface area contributed by atoms with Gasteiger partial charge in [0.05, 0.1) is 11.3 Å². The third-order valence-electron chi connectivity index (χ3n) is 2.51. The summed E-state index contributed by atoms with van der Waals surface area (Å²) in [4.78, 5) is 3.97. The van der Waals surface area contributed by atoms with Crippen LogP contribution < -0.4 is 4.72 Å². The Morgan fingerprint density at radius 2 is 2.20 bits per heavy atom. The highest BCUT2D eigenvalue weighted by molar-refractivity contribution is 7.89. The fourth-order valence-electron chi connectivity index (χ4n) is 1.61. The van der Waals surface area contributed by atoms with Crippen molar-refractivity contribution in [2.24, 2.45) is 0 Å². The molecule has 0 aliphatic carbocycles. The van der Waals surface area contributed by atoms with E-state index in [1.807, 2.05) is 13.0 Å². The molecular weight excluding hydrogens is 280 g/mol. The summed E-state index contributed by atoms with van der Waals surface area (Å²) < 4.78 is 30.9. The van der Waals surface area contributed by atoms with Crippen molar-refractivity contribution >= 4 is 10.0 Å². The maximum Gasteiger partial charge on any atom is 0.249 e. The van der Waals surface area contributed by atoms with E-state index in [9.17, 15) is 8.42 Å². The van der Waals surface area contributed by atoms with Crippen LogP contribution in [0.5, 0.6) is 0 Å². The zero-order valence-corrected chi connectivity index (χ0v) is 11.9. The molecule has 2 rings (SSSR count). The van der Waals surface area contributed by atoms with Crippen LogP contribution in [0.15, 0.2) is 28.9 Å². The van der Waals surface area contributed by atoms with Crippen LogP contribution in [-0.4, -0.2) is 35.9 Å². The van der Waals surface area contributed by atoms with E-state index in [0.29, 0.717) is 24.6 Å². The van der Waals surface area contributed by atoms with Crippen molar-refractivity contribution in [1.82, 2.24) is 19.9 Å². The van der Waals surface area contributed by atoms with Gasteiger partial charge < -0.3 is 4.42 Å². The highest BCUT2D eigenvalue weighted by Crippen LogP contribution is 2.15. The molecule has 1 N–H and O–H groups in total. The van der Waals surface area contributed by atoms with Crippen molar-refractivity contribution in [2.75, 3.05) is 12.3 Å². The van der Waals surface area contributed by atoms with Crippen LogP contribution >= 0.6 is 0 Å². The van der Waals surface area contributed by atoms with Crippen LogP contribution in [0.25, 0.3) is 11.5 Å². The van der Waals surface area contributed by atoms with Crippen LogP contribution in [0.2, 0.25) is 0 Å². The summed E-state index contributed by atoms with van der Waals surface area (Å²) in [7, 11) is -3.20. The van der Waals surface area contributed by atoms with Gasteiger partial charge in [0.15, 0.2) is 0 Å². The fraction of sp³-hybridized carbons (Fsp3) is 0.417. The van der Waals surface area contributed by atoms with E-state index in [2.05, 4.69) is 19.9 Å². The first-order valence-corrected chi connectivity index (χ1v) is 7.96. The molecular formula is C12H16N4O3S. The van der Waals surface area contributed by atoms with Gasteiger partial charge in [0.25, 0.3) is 0 Å². The van der Waals surface area contributed by atoms with Crippen LogP contribution in [0.4, 0.5) is 0 Å². The molecule has 2 aromatic rings. The first kappa shape index (κ1) is 14.6. The number of rotatable bonds is 7. The lowest BCUT2D eigenvalue weighted by Gasteiger charge is -2.02. The molecule has 0 saturated carbocycles. The van der Waals surface area contributed by atoms with E-state index < -0.39 is 10.0 Å². The standard InChI is InChI=1S/C12H16N4O3S/c1-2-8-20(17,18)14-7-5-11-15-16-12(19-11)10-4-3-6-13-9-10/h3-4,6,9,14H,2,5,7-8H2,1H3. The SMILES string of the molecule is CCCS(=O)(=O)NCCc1nnc(-c2cccnc2)o1. The molecule has 0 unspecified atom stereocenters. The fourth-order valence-corrected chi connectivity index (χ4v) is 2.71. The second-order valence-electron chi connectivity index (χ2n) is 4.21. The monoisotopic (exact) mass is 296 g/mol. The molecule has 0 saturated heterocycles. The molecule has 20 heavy (non-hydrogen) atoms. The van der Waals surface area contributed by atoms with Gasteiger partial charge in [-0.3, -0.25) is 4.98 Å². The molecule has 8 heteroatoms. The summed E-state index contributed by atoms with van der Waals surface area (Å²) in [6.07, 6.45) is 4.22. The summed E-state index contributed by atoms with van der Waals surface area (Å²) in [5, 5.41) is 7.78. The van der Waals surface area contributed by atoms with E-state index in [1.54, 1.807) is 18.5 Å². The van der Waals surface area contributed by atoms with Crippen LogP contribution in [0.3, 0.4) is 0 Å². The van der Waals surface area contributed by atoms with E-state index in [4.69, 9.17) is 4.42 Å². The van der Waals surface area contributed by atoms with Crippen molar-refractivity contribution in [3.63, 3.8) is 0 Å². The average Bonchev–Trinajstić information content (AvgIpc) is 2.88. The van der Waals surface area contributed by atoms with Crippen molar-refractivity contribution < 1.29 is 12.8 Å². The summed E-state index contributed by atoms with van der Waals surface area (Å²) in [6, 6.07) is 3.59. The maximum absolute atomic E-state index is 11.5. The molecule has 2 aromatic heterocycles. The number of hydrogen-bond acceptors (Lipinski definition) is 6. The number of sulfonamides is 1. The van der Waals surface area contributed by atoms with E-state index in [1.165, 1.54) is 0 Å². The van der Waals surface area contributed by atoms with Gasteiger partial charge in [-0.25, -0.2) is 13.1 Å². The van der Waals surface area contributed by atoms with Gasteiger partial charge in [0.2, 0.25) is 21.8 Å². The lowest BCUT2D eigenvalue weighted by atomic mass is 10.3. The van der Waals surface area contributed by atoms with E-state index in [0.717, 1.165) is 5.56 Å². The van der Waals surface area contributed by atoms with Crippen molar-refractivity contribution in [3.8, 4) is 11.5 Å². The number of aromatic nitrogens is 3. The van der Waals surface area contributed by atoms with Gasteiger partial charge in [0, 0.05) is 25.4 Å². The van der Waals surface area contributed by atoms with Gasteiger partial charge in [0.1, 0.15) is 0 Å². The first-order chi connectivity index (χ1) is 9.61. The Kier molecular flexibility index (Phi) is 4.80. The largest absolute Gasteiger partial charge is 0.421 e. The zero-order chi connectivity index (χ0) is 14.4. The van der Waals surface area contributed by atoms with E-state index in [-0.39, 0.29) is 12.3 Å². The smallest absolute Gasteiger partial charge is 0.249 e. The quantitative estimate of drug-likeness (QED) is 0.818. The molecule has 0 amide bonds. The molecule has 108 valence electrons. The molecule has 0 aliphatic rings. The second-order valence-corrected chi connectivity index (χ2v) is 6.13. The number of pyridine rings is 1. The number of hydrogen-bond donors (Lipinski definition) is 1. The van der Waals surface area contributed by atoms with Crippen molar-refractivity contribution in [3.05, 3.63) is 30.4 Å². The normalized spacial score (nSPS) is 11.7. The molecule has 0 bridgehead atoms. The minimum Gasteiger partial charge on any atom is -0.421 e. The van der Waals surface area contributed by atoms with Gasteiger partial charge in [-0.2, -0.15) is 0 Å². The Bertz CT molecular complexity index is 640. The molecule has 0 radical (unpaired) electrons. The molecule has 0 atom stereocenters. The Labute approximate surface area is 117 Å². The minimum atomic E-state index is -3.20. The molecule has 2 heterocycles. The molecule has 0 aliphatic heterocycles.